The van der Waals surface area contributed by atoms with E-state index in [-0.39, 0.29) is 18.4 Å². The predicted octanol–water partition coefficient (Wildman–Crippen LogP) is 1.81. The molecule has 0 atom stereocenters. The Morgan fingerprint density at radius 1 is 1.29 bits per heavy atom. The van der Waals surface area contributed by atoms with E-state index >= 15 is 0 Å². The minimum atomic E-state index is -0.269. The van der Waals surface area contributed by atoms with Crippen molar-refractivity contribution in [3.05, 3.63) is 46.0 Å². The van der Waals surface area contributed by atoms with Gasteiger partial charge in [-0.2, -0.15) is 0 Å². The maximum Gasteiger partial charge on any atom is 0.251 e. The summed E-state index contributed by atoms with van der Waals surface area (Å²) in [5.74, 6) is -0.528. The van der Waals surface area contributed by atoms with E-state index in [1.54, 1.807) is 12.1 Å². The molecular formula is C17H20N4O2S. The Labute approximate surface area is 144 Å². The lowest BCUT2D eigenvalue weighted by Crippen LogP contribution is -2.32. The van der Waals surface area contributed by atoms with Gasteiger partial charge in [0.25, 0.3) is 5.91 Å². The number of likely N-dealkylation sites (N-methyl/N-ethyl adjacent to an activating group) is 1. The highest BCUT2D eigenvalue weighted by Crippen LogP contribution is 2.27. The van der Waals surface area contributed by atoms with Gasteiger partial charge in [0.15, 0.2) is 5.13 Å². The van der Waals surface area contributed by atoms with Crippen LogP contribution in [0, 0.1) is 6.92 Å². The Kier molecular flexibility index (Phi) is 4.92. The summed E-state index contributed by atoms with van der Waals surface area (Å²) in [6.07, 6.45) is 0.905. The van der Waals surface area contributed by atoms with Gasteiger partial charge in [0, 0.05) is 30.0 Å². The first kappa shape index (κ1) is 16.6. The second kappa shape index (κ2) is 7.11. The Morgan fingerprint density at radius 3 is 2.79 bits per heavy atom. The number of carbonyl (C=O) groups excluding carboxylic acids is 2. The molecule has 6 nitrogen and oxygen atoms in total. The summed E-state index contributed by atoms with van der Waals surface area (Å²) in [4.78, 5) is 31.9. The van der Waals surface area contributed by atoms with Crippen LogP contribution in [0.15, 0.2) is 24.3 Å². The van der Waals surface area contributed by atoms with Crippen LogP contribution in [0.5, 0.6) is 0 Å². The van der Waals surface area contributed by atoms with Crippen LogP contribution < -0.4 is 10.6 Å². The quantitative estimate of drug-likeness (QED) is 0.887. The van der Waals surface area contributed by atoms with E-state index in [0.29, 0.717) is 10.7 Å². The van der Waals surface area contributed by atoms with E-state index in [0.717, 1.165) is 30.8 Å². The maximum atomic E-state index is 12.0. The summed E-state index contributed by atoms with van der Waals surface area (Å²) >= 11 is 1.50. The molecule has 126 valence electrons. The summed E-state index contributed by atoms with van der Waals surface area (Å²) < 4.78 is 0. The normalized spacial score (nSPS) is 14.1. The zero-order valence-electron chi connectivity index (χ0n) is 13.8. The lowest BCUT2D eigenvalue weighted by atomic mass is 10.1. The molecule has 0 unspecified atom stereocenters. The first-order chi connectivity index (χ1) is 11.5. The number of thiazole rings is 1. The molecule has 0 radical (unpaired) electrons. The van der Waals surface area contributed by atoms with Crippen molar-refractivity contribution in [3.63, 3.8) is 0 Å². The van der Waals surface area contributed by atoms with Gasteiger partial charge in [0.2, 0.25) is 5.91 Å². The van der Waals surface area contributed by atoms with Gasteiger partial charge < -0.3 is 15.5 Å². The minimum absolute atomic E-state index is 0.0726. The summed E-state index contributed by atoms with van der Waals surface area (Å²) in [7, 11) is 2.07. The fourth-order valence-corrected chi connectivity index (χ4v) is 3.61. The average Bonchev–Trinajstić information content (AvgIpc) is 2.94. The zero-order chi connectivity index (χ0) is 17.1. The van der Waals surface area contributed by atoms with Crippen LogP contribution in [0.1, 0.15) is 26.5 Å². The highest BCUT2D eigenvalue weighted by Gasteiger charge is 2.19. The van der Waals surface area contributed by atoms with E-state index in [1.807, 2.05) is 19.1 Å². The molecule has 1 aliphatic rings. The van der Waals surface area contributed by atoms with Crippen molar-refractivity contribution in [1.29, 1.82) is 0 Å². The Balaban J connectivity index is 1.52. The number of nitrogens with zero attached hydrogens (tertiary/aromatic N) is 2. The number of aryl methyl sites for hydroxylation is 1. The molecule has 1 aromatic carbocycles. The first-order valence-electron chi connectivity index (χ1n) is 7.83. The fraction of sp³-hybridized carbons (Fsp3) is 0.353. The molecule has 24 heavy (non-hydrogen) atoms. The Bertz CT molecular complexity index is 754. The minimum Gasteiger partial charge on any atom is -0.343 e. The zero-order valence-corrected chi connectivity index (χ0v) is 14.6. The number of hydrogen-bond acceptors (Lipinski definition) is 5. The number of benzene rings is 1. The predicted molar refractivity (Wildman–Crippen MR) is 94.3 cm³/mol. The van der Waals surface area contributed by atoms with Crippen molar-refractivity contribution < 1.29 is 9.59 Å². The van der Waals surface area contributed by atoms with Crippen molar-refractivity contribution in [3.8, 4) is 0 Å². The average molecular weight is 344 g/mol. The Morgan fingerprint density at radius 2 is 2.04 bits per heavy atom. The van der Waals surface area contributed by atoms with Crippen molar-refractivity contribution >= 4 is 28.3 Å². The van der Waals surface area contributed by atoms with E-state index < -0.39 is 0 Å². The number of anilines is 1. The van der Waals surface area contributed by atoms with Crippen LogP contribution in [0.2, 0.25) is 0 Å². The van der Waals surface area contributed by atoms with Crippen molar-refractivity contribution in [1.82, 2.24) is 15.2 Å². The number of amides is 2. The van der Waals surface area contributed by atoms with Crippen molar-refractivity contribution in [2.75, 3.05) is 25.5 Å². The van der Waals surface area contributed by atoms with Crippen LogP contribution in [-0.2, 0) is 17.8 Å². The van der Waals surface area contributed by atoms with E-state index in [1.165, 1.54) is 16.2 Å². The standard InChI is InChI=1S/C17H20N4O2S/c1-11-3-5-12(6-4-11)16(23)18-9-15(22)20-17-19-13-7-8-21(2)10-14(13)24-17/h3-6H,7-10H2,1-2H3,(H,18,23)(H,19,20,22). The van der Waals surface area contributed by atoms with E-state index in [9.17, 15) is 9.59 Å². The number of carbonyl (C=O) groups is 2. The third-order valence-electron chi connectivity index (χ3n) is 3.89. The lowest BCUT2D eigenvalue weighted by Gasteiger charge is -2.20. The summed E-state index contributed by atoms with van der Waals surface area (Å²) in [5.41, 5.74) is 2.70. The number of nitrogens with one attached hydrogen (secondary N) is 2. The highest BCUT2D eigenvalue weighted by molar-refractivity contribution is 7.15. The summed E-state index contributed by atoms with van der Waals surface area (Å²) in [6, 6.07) is 7.22. The van der Waals surface area contributed by atoms with Crippen LogP contribution in [0.25, 0.3) is 0 Å². The molecule has 0 fully saturated rings. The molecular weight excluding hydrogens is 324 g/mol. The molecule has 1 aliphatic heterocycles. The topological polar surface area (TPSA) is 74.3 Å². The molecule has 0 saturated heterocycles. The Hall–Kier alpha value is -2.25. The fourth-order valence-electron chi connectivity index (χ4n) is 2.51. The van der Waals surface area contributed by atoms with Crippen LogP contribution >= 0.6 is 11.3 Å². The summed E-state index contributed by atoms with van der Waals surface area (Å²) in [6.45, 7) is 3.74. The number of rotatable bonds is 4. The second-order valence-corrected chi connectivity index (χ2v) is 7.06. The maximum absolute atomic E-state index is 12.0. The molecule has 2 amide bonds. The summed E-state index contributed by atoms with van der Waals surface area (Å²) in [5, 5.41) is 5.99. The van der Waals surface area contributed by atoms with E-state index in [2.05, 4.69) is 27.6 Å². The number of fused-ring (bicyclic) bond motifs is 1. The van der Waals surface area contributed by atoms with Gasteiger partial charge in [-0.05, 0) is 26.1 Å². The molecule has 7 heteroatoms. The molecule has 0 aliphatic carbocycles. The van der Waals surface area contributed by atoms with Gasteiger partial charge in [0.05, 0.1) is 12.2 Å². The molecule has 0 saturated carbocycles. The second-order valence-electron chi connectivity index (χ2n) is 5.97. The highest BCUT2D eigenvalue weighted by atomic mass is 32.1. The molecule has 1 aromatic heterocycles. The number of hydrogen-bond donors (Lipinski definition) is 2. The molecule has 2 N–H and O–H groups in total. The van der Waals surface area contributed by atoms with Gasteiger partial charge in [-0.15, -0.1) is 11.3 Å². The molecule has 2 heterocycles. The number of aromatic nitrogens is 1. The van der Waals surface area contributed by atoms with Gasteiger partial charge in [-0.25, -0.2) is 4.98 Å². The smallest absolute Gasteiger partial charge is 0.251 e. The molecule has 0 spiro atoms. The van der Waals surface area contributed by atoms with Crippen LogP contribution in [-0.4, -0.2) is 41.8 Å². The SMILES string of the molecule is Cc1ccc(C(=O)NCC(=O)Nc2nc3c(s2)CN(C)CC3)cc1. The molecule has 2 aromatic rings. The van der Waals surface area contributed by atoms with Gasteiger partial charge in [0.1, 0.15) is 0 Å². The van der Waals surface area contributed by atoms with Crippen LogP contribution in [0.3, 0.4) is 0 Å². The van der Waals surface area contributed by atoms with Gasteiger partial charge in [-0.1, -0.05) is 17.7 Å². The van der Waals surface area contributed by atoms with Crippen molar-refractivity contribution in [2.45, 2.75) is 19.9 Å². The monoisotopic (exact) mass is 344 g/mol. The largest absolute Gasteiger partial charge is 0.343 e. The van der Waals surface area contributed by atoms with Gasteiger partial charge in [-0.3, -0.25) is 9.59 Å². The van der Waals surface area contributed by atoms with Crippen LogP contribution in [0.4, 0.5) is 5.13 Å². The molecule has 0 bridgehead atoms. The first-order valence-corrected chi connectivity index (χ1v) is 8.65. The van der Waals surface area contributed by atoms with Crippen molar-refractivity contribution in [2.24, 2.45) is 0 Å². The van der Waals surface area contributed by atoms with Gasteiger partial charge >= 0.3 is 0 Å². The third kappa shape index (κ3) is 3.98. The van der Waals surface area contributed by atoms with E-state index in [4.69, 9.17) is 0 Å². The lowest BCUT2D eigenvalue weighted by molar-refractivity contribution is -0.115. The molecule has 3 rings (SSSR count). The third-order valence-corrected chi connectivity index (χ3v) is 4.89.